The van der Waals surface area contributed by atoms with Gasteiger partial charge in [0.15, 0.2) is 0 Å². The van der Waals surface area contributed by atoms with E-state index in [0.717, 1.165) is 18.8 Å². The van der Waals surface area contributed by atoms with Crippen LogP contribution in [-0.2, 0) is 0 Å². The van der Waals surface area contributed by atoms with E-state index in [9.17, 15) is 10.1 Å². The van der Waals surface area contributed by atoms with E-state index in [0.29, 0.717) is 11.6 Å². The lowest BCUT2D eigenvalue weighted by Crippen LogP contribution is -2.14. The Morgan fingerprint density at radius 1 is 1.47 bits per heavy atom. The molecule has 0 aliphatic heterocycles. The number of hydrogen-bond acceptors (Lipinski definition) is 2. The van der Waals surface area contributed by atoms with Crippen molar-refractivity contribution < 1.29 is 4.92 Å². The van der Waals surface area contributed by atoms with E-state index in [4.69, 9.17) is 0 Å². The third kappa shape index (κ3) is 3.65. The van der Waals surface area contributed by atoms with Crippen molar-refractivity contribution in [2.45, 2.75) is 46.5 Å². The Kier molecular flexibility index (Phi) is 4.30. The molecule has 0 saturated heterocycles. The quantitative estimate of drug-likeness (QED) is 0.528. The fourth-order valence-corrected chi connectivity index (χ4v) is 2.34. The second-order valence-electron chi connectivity index (χ2n) is 5.04. The Morgan fingerprint density at radius 2 is 2.13 bits per heavy atom. The zero-order valence-corrected chi connectivity index (χ0v) is 9.90. The molecule has 1 fully saturated rings. The van der Waals surface area contributed by atoms with E-state index in [2.05, 4.69) is 6.92 Å². The lowest BCUT2D eigenvalue weighted by molar-refractivity contribution is -0.433. The number of nitrogens with zero attached hydrogens (tertiary/aromatic N) is 1. The minimum absolute atomic E-state index is 0.0252. The molecule has 1 aliphatic rings. The second kappa shape index (κ2) is 5.29. The summed E-state index contributed by atoms with van der Waals surface area (Å²) in [6.45, 7) is 6.02. The summed E-state index contributed by atoms with van der Waals surface area (Å²) in [7, 11) is 0. The zero-order chi connectivity index (χ0) is 11.4. The van der Waals surface area contributed by atoms with Crippen molar-refractivity contribution in [2.75, 3.05) is 0 Å². The SMILES string of the molecule is CC1CCCC(C=C(C(C)C)[N+](=O)[O-])C1. The standard InChI is InChI=1S/C12H21NO2/c1-9(2)12(13(14)15)8-11-6-4-5-10(3)7-11/h8-11H,4-7H2,1-3H3. The van der Waals surface area contributed by atoms with Crippen molar-refractivity contribution >= 4 is 0 Å². The molecule has 1 saturated carbocycles. The minimum Gasteiger partial charge on any atom is -0.259 e. The van der Waals surface area contributed by atoms with Crippen molar-refractivity contribution in [3.8, 4) is 0 Å². The normalized spacial score (nSPS) is 28.1. The van der Waals surface area contributed by atoms with Gasteiger partial charge in [-0.3, -0.25) is 10.1 Å². The van der Waals surface area contributed by atoms with E-state index in [1.807, 2.05) is 19.9 Å². The van der Waals surface area contributed by atoms with Gasteiger partial charge in [0, 0.05) is 5.92 Å². The topological polar surface area (TPSA) is 43.1 Å². The first-order valence-corrected chi connectivity index (χ1v) is 5.86. The molecule has 0 N–H and O–H groups in total. The summed E-state index contributed by atoms with van der Waals surface area (Å²) >= 11 is 0. The Bertz CT molecular complexity index is 258. The van der Waals surface area contributed by atoms with Crippen LogP contribution in [0, 0.1) is 27.9 Å². The molecule has 0 radical (unpaired) electrons. The molecule has 86 valence electrons. The molecule has 1 rings (SSSR count). The van der Waals surface area contributed by atoms with Gasteiger partial charge in [-0.05, 0) is 30.8 Å². The maximum absolute atomic E-state index is 10.8. The molecule has 0 heterocycles. The van der Waals surface area contributed by atoms with Crippen LogP contribution in [0.1, 0.15) is 46.5 Å². The van der Waals surface area contributed by atoms with Gasteiger partial charge >= 0.3 is 0 Å². The van der Waals surface area contributed by atoms with Crippen molar-refractivity contribution in [1.29, 1.82) is 0 Å². The first kappa shape index (κ1) is 12.2. The Balaban J connectivity index is 2.69. The van der Waals surface area contributed by atoms with Crippen LogP contribution in [-0.4, -0.2) is 4.92 Å². The highest BCUT2D eigenvalue weighted by molar-refractivity contribution is 4.99. The maximum Gasteiger partial charge on any atom is 0.245 e. The van der Waals surface area contributed by atoms with Gasteiger partial charge in [0.25, 0.3) is 0 Å². The summed E-state index contributed by atoms with van der Waals surface area (Å²) < 4.78 is 0. The van der Waals surface area contributed by atoms with E-state index in [-0.39, 0.29) is 10.8 Å². The molecule has 0 spiro atoms. The summed E-state index contributed by atoms with van der Waals surface area (Å²) in [4.78, 5) is 10.6. The van der Waals surface area contributed by atoms with Crippen LogP contribution in [0.3, 0.4) is 0 Å². The molecule has 2 unspecified atom stereocenters. The van der Waals surface area contributed by atoms with Gasteiger partial charge in [-0.25, -0.2) is 0 Å². The third-order valence-corrected chi connectivity index (χ3v) is 3.19. The van der Waals surface area contributed by atoms with Crippen molar-refractivity contribution in [2.24, 2.45) is 17.8 Å². The molecular formula is C12H21NO2. The summed E-state index contributed by atoms with van der Waals surface area (Å²) in [5.41, 5.74) is 0.397. The van der Waals surface area contributed by atoms with Crippen LogP contribution < -0.4 is 0 Å². The molecule has 0 aromatic rings. The molecule has 0 aromatic carbocycles. The van der Waals surface area contributed by atoms with Gasteiger partial charge in [0.1, 0.15) is 0 Å². The molecule has 0 aromatic heterocycles. The summed E-state index contributed by atoms with van der Waals surface area (Å²) in [6, 6.07) is 0. The van der Waals surface area contributed by atoms with Gasteiger partial charge < -0.3 is 0 Å². The van der Waals surface area contributed by atoms with Crippen LogP contribution in [0.2, 0.25) is 0 Å². The largest absolute Gasteiger partial charge is 0.259 e. The van der Waals surface area contributed by atoms with Crippen molar-refractivity contribution in [3.63, 3.8) is 0 Å². The highest BCUT2D eigenvalue weighted by atomic mass is 16.6. The average Bonchev–Trinajstić information content (AvgIpc) is 2.13. The zero-order valence-electron chi connectivity index (χ0n) is 9.90. The minimum atomic E-state index is -0.218. The number of nitro groups is 1. The summed E-state index contributed by atoms with van der Waals surface area (Å²) in [6.07, 6.45) is 6.63. The van der Waals surface area contributed by atoms with E-state index < -0.39 is 0 Å². The first-order valence-electron chi connectivity index (χ1n) is 5.86. The summed E-state index contributed by atoms with van der Waals surface area (Å²) in [5, 5.41) is 10.8. The van der Waals surface area contributed by atoms with Crippen LogP contribution in [0.5, 0.6) is 0 Å². The van der Waals surface area contributed by atoms with Gasteiger partial charge in [0.05, 0.1) is 4.92 Å². The second-order valence-corrected chi connectivity index (χ2v) is 5.04. The average molecular weight is 211 g/mol. The maximum atomic E-state index is 10.8. The monoisotopic (exact) mass is 211 g/mol. The van der Waals surface area contributed by atoms with E-state index >= 15 is 0 Å². The fourth-order valence-electron chi connectivity index (χ4n) is 2.34. The van der Waals surface area contributed by atoms with Crippen molar-refractivity contribution in [1.82, 2.24) is 0 Å². The van der Waals surface area contributed by atoms with E-state index in [1.165, 1.54) is 12.8 Å². The summed E-state index contributed by atoms with van der Waals surface area (Å²) in [5.74, 6) is 1.17. The smallest absolute Gasteiger partial charge is 0.245 e. The Labute approximate surface area is 91.7 Å². The van der Waals surface area contributed by atoms with Crippen molar-refractivity contribution in [3.05, 3.63) is 21.9 Å². The highest BCUT2D eigenvalue weighted by Gasteiger charge is 2.22. The number of allylic oxidation sites excluding steroid dienone is 2. The van der Waals surface area contributed by atoms with Crippen LogP contribution >= 0.6 is 0 Å². The lowest BCUT2D eigenvalue weighted by atomic mass is 9.81. The Morgan fingerprint density at radius 3 is 2.60 bits per heavy atom. The van der Waals surface area contributed by atoms with Gasteiger partial charge in [-0.1, -0.05) is 33.6 Å². The van der Waals surface area contributed by atoms with Gasteiger partial charge in [-0.2, -0.15) is 0 Å². The lowest BCUT2D eigenvalue weighted by Gasteiger charge is -2.24. The molecule has 15 heavy (non-hydrogen) atoms. The molecule has 3 heteroatoms. The van der Waals surface area contributed by atoms with Crippen LogP contribution in [0.25, 0.3) is 0 Å². The predicted molar refractivity (Wildman–Crippen MR) is 61.0 cm³/mol. The molecule has 0 amide bonds. The fraction of sp³-hybridized carbons (Fsp3) is 0.833. The molecule has 2 atom stereocenters. The highest BCUT2D eigenvalue weighted by Crippen LogP contribution is 2.31. The number of hydrogen-bond donors (Lipinski definition) is 0. The molecule has 1 aliphatic carbocycles. The van der Waals surface area contributed by atoms with Crippen LogP contribution in [0.15, 0.2) is 11.8 Å². The molecule has 0 bridgehead atoms. The first-order chi connectivity index (χ1) is 7.00. The van der Waals surface area contributed by atoms with Crippen LogP contribution in [0.4, 0.5) is 0 Å². The Hall–Kier alpha value is -0.860. The number of rotatable bonds is 3. The molecular weight excluding hydrogens is 190 g/mol. The third-order valence-electron chi connectivity index (χ3n) is 3.19. The predicted octanol–water partition coefficient (Wildman–Crippen LogP) is 3.63. The molecule has 3 nitrogen and oxygen atoms in total. The van der Waals surface area contributed by atoms with E-state index in [1.54, 1.807) is 0 Å². The van der Waals surface area contributed by atoms with Gasteiger partial charge in [-0.15, -0.1) is 0 Å². The van der Waals surface area contributed by atoms with Gasteiger partial charge in [0.2, 0.25) is 5.70 Å².